The Labute approximate surface area is 456 Å². The van der Waals surface area contributed by atoms with Crippen LogP contribution in [0.4, 0.5) is 17.2 Å². The van der Waals surface area contributed by atoms with E-state index in [9.17, 15) is 38.4 Å². The van der Waals surface area contributed by atoms with Crippen molar-refractivity contribution in [1.82, 2.24) is 34.6 Å². The lowest BCUT2D eigenvalue weighted by atomic mass is 10.1. The van der Waals surface area contributed by atoms with E-state index in [0.29, 0.717) is 53.5 Å². The highest BCUT2D eigenvalue weighted by Crippen LogP contribution is 2.38. The number of hydrogen-bond donors (Lipinski definition) is 4. The van der Waals surface area contributed by atoms with Crippen LogP contribution in [0.25, 0.3) is 11.1 Å². The van der Waals surface area contributed by atoms with Gasteiger partial charge in [0.1, 0.15) is 11.8 Å². The number of benzene rings is 2. The second-order valence-corrected chi connectivity index (χ2v) is 20.0. The highest BCUT2D eigenvalue weighted by Gasteiger charge is 2.37. The number of aryl methyl sites for hydroxylation is 2. The monoisotopic (exact) mass is 1090 g/mol. The third-order valence-electron chi connectivity index (χ3n) is 12.5. The molecule has 2 aromatic heterocycles. The fourth-order valence-corrected chi connectivity index (χ4v) is 9.62. The largest absolute Gasteiger partial charge is 0.493 e. The predicted molar refractivity (Wildman–Crippen MR) is 285 cm³/mol. The van der Waals surface area contributed by atoms with Gasteiger partial charge in [0.25, 0.3) is 11.8 Å². The molecule has 7 rings (SSSR count). The molecule has 5 heterocycles. The molecule has 0 aliphatic carbocycles. The van der Waals surface area contributed by atoms with Gasteiger partial charge in [-0.3, -0.25) is 53.6 Å². The number of imidazole rings is 1. The molecular formula is C52H61AlN10O13S. The van der Waals surface area contributed by atoms with E-state index < -0.39 is 23.2 Å². The van der Waals surface area contributed by atoms with Crippen molar-refractivity contribution in [2.75, 3.05) is 77.0 Å². The van der Waals surface area contributed by atoms with E-state index in [1.165, 1.54) is 28.0 Å². The molecule has 3 aliphatic heterocycles. The molecule has 7 amide bonds. The Bertz CT molecular complexity index is 2910. The number of nitrogens with one attached hydrogen (secondary N) is 4. The Balaban J connectivity index is 0.756. The normalized spacial score (nSPS) is 16.2. The van der Waals surface area contributed by atoms with Gasteiger partial charge in [0.15, 0.2) is 17.3 Å². The van der Waals surface area contributed by atoms with Crippen LogP contribution in [0.15, 0.2) is 72.0 Å². The molecule has 0 spiro atoms. The predicted octanol–water partition coefficient (Wildman–Crippen LogP) is 3.51. The van der Waals surface area contributed by atoms with Gasteiger partial charge in [0.2, 0.25) is 50.5 Å². The molecule has 3 atom stereocenters. The van der Waals surface area contributed by atoms with E-state index in [1.54, 1.807) is 85.4 Å². The first-order valence-corrected chi connectivity index (χ1v) is 27.2. The Morgan fingerprint density at radius 1 is 0.844 bits per heavy atom. The summed E-state index contributed by atoms with van der Waals surface area (Å²) in [5.41, 5.74) is 4.15. The number of methoxy groups -OCH3 is 1. The van der Waals surface area contributed by atoms with Gasteiger partial charge < -0.3 is 59.0 Å². The molecule has 2 radical (unpaired) electrons. The van der Waals surface area contributed by atoms with E-state index in [1.807, 2.05) is 0 Å². The van der Waals surface area contributed by atoms with E-state index in [4.69, 9.17) is 23.7 Å². The van der Waals surface area contributed by atoms with Gasteiger partial charge in [-0.25, -0.2) is 9.78 Å². The lowest BCUT2D eigenvalue weighted by molar-refractivity contribution is -0.138. The summed E-state index contributed by atoms with van der Waals surface area (Å²) in [7, 11) is 6.08. The minimum atomic E-state index is -0.634. The van der Waals surface area contributed by atoms with Gasteiger partial charge in [0.05, 0.1) is 69.2 Å². The number of likely N-dealkylation sites (tertiary alicyclic amines) is 1. The Morgan fingerprint density at radius 2 is 1.60 bits per heavy atom. The third-order valence-corrected chi connectivity index (χ3v) is 14.2. The lowest BCUT2D eigenvalue weighted by Crippen LogP contribution is -2.36. The van der Waals surface area contributed by atoms with Crippen LogP contribution in [0.2, 0.25) is 0 Å². The molecule has 23 nitrogen and oxygen atoms in total. The smallest absolute Gasteiger partial charge is 0.355 e. The van der Waals surface area contributed by atoms with Crippen LogP contribution in [0.3, 0.4) is 0 Å². The van der Waals surface area contributed by atoms with Crippen molar-refractivity contribution >= 4 is 96.0 Å². The summed E-state index contributed by atoms with van der Waals surface area (Å²) < 4.78 is 31.1. The van der Waals surface area contributed by atoms with Gasteiger partial charge in [-0.1, -0.05) is 24.3 Å². The average Bonchev–Trinajstić information content (AvgIpc) is 4.17. The molecule has 2 fully saturated rings. The molecule has 77 heavy (non-hydrogen) atoms. The van der Waals surface area contributed by atoms with Crippen molar-refractivity contribution in [3.8, 4) is 22.6 Å². The Hall–Kier alpha value is -7.30. The summed E-state index contributed by atoms with van der Waals surface area (Å²) in [5.74, 6) is -1.64. The molecule has 0 saturated carbocycles. The van der Waals surface area contributed by atoms with Crippen LogP contribution < -0.4 is 30.7 Å². The summed E-state index contributed by atoms with van der Waals surface area (Å²) in [4.78, 5) is 113. The number of aliphatic imine (C=N–C) groups is 1. The number of amides is 7. The number of ether oxygens (including phenoxy) is 5. The van der Waals surface area contributed by atoms with Crippen molar-refractivity contribution in [3.05, 3.63) is 84.1 Å². The summed E-state index contributed by atoms with van der Waals surface area (Å²) in [6, 6.07) is 11.8. The fourth-order valence-electron chi connectivity index (χ4n) is 8.50. The zero-order valence-corrected chi connectivity index (χ0v) is 45.3. The maximum Gasteiger partial charge on any atom is 0.355 e. The Morgan fingerprint density at radius 3 is 2.34 bits per heavy atom. The fraction of sp³-hybridized carbons (Fsp3) is 0.423. The third kappa shape index (κ3) is 15.4. The lowest BCUT2D eigenvalue weighted by Gasteiger charge is -2.20. The zero-order chi connectivity index (χ0) is 55.2. The van der Waals surface area contributed by atoms with E-state index in [-0.39, 0.29) is 131 Å². The number of esters is 1. The first-order chi connectivity index (χ1) is 37.0. The molecule has 2 aromatic carbocycles. The van der Waals surface area contributed by atoms with Crippen LogP contribution in [-0.4, -0.2) is 176 Å². The van der Waals surface area contributed by atoms with E-state index >= 15 is 0 Å². The zero-order valence-electron chi connectivity index (χ0n) is 43.3. The first-order valence-electron chi connectivity index (χ1n) is 24.9. The number of rotatable bonds is 27. The van der Waals surface area contributed by atoms with Gasteiger partial charge in [0, 0.05) is 95.3 Å². The molecule has 406 valence electrons. The number of aromatic nitrogens is 3. The Kier molecular flexibility index (Phi) is 20.2. The number of imide groups is 1. The van der Waals surface area contributed by atoms with Crippen molar-refractivity contribution in [1.29, 1.82) is 0 Å². The number of fused-ring (bicyclic) bond motifs is 2. The maximum absolute atomic E-state index is 13.3. The average molecular weight is 1090 g/mol. The second kappa shape index (κ2) is 27.1. The minimum absolute atomic E-state index is 0.0124. The van der Waals surface area contributed by atoms with Crippen LogP contribution in [0, 0.1) is 0 Å². The first kappa shape index (κ1) is 57.4. The van der Waals surface area contributed by atoms with Gasteiger partial charge in [-0.05, 0) is 49.6 Å². The van der Waals surface area contributed by atoms with Crippen molar-refractivity contribution < 1.29 is 62.0 Å². The van der Waals surface area contributed by atoms with Crippen LogP contribution in [0.5, 0.6) is 11.5 Å². The van der Waals surface area contributed by atoms with Crippen LogP contribution in [0.1, 0.15) is 76.9 Å². The number of carbonyl (C=O) groups is 8. The van der Waals surface area contributed by atoms with Crippen molar-refractivity contribution in [2.45, 2.75) is 62.8 Å². The highest BCUT2D eigenvalue weighted by atomic mass is 32.3. The molecule has 2 saturated heterocycles. The number of carbonyl (C=O) groups excluding carboxylic acids is 8. The molecule has 25 heteroatoms. The molecular weight excluding hydrogens is 1030 g/mol. The summed E-state index contributed by atoms with van der Waals surface area (Å²) in [6.07, 6.45) is 5.79. The van der Waals surface area contributed by atoms with E-state index in [0.717, 1.165) is 21.6 Å². The summed E-state index contributed by atoms with van der Waals surface area (Å²) >= 11 is 2.38. The van der Waals surface area contributed by atoms with Crippen LogP contribution in [-0.2, 0) is 52.3 Å². The minimum Gasteiger partial charge on any atom is -0.493 e. The molecule has 0 bridgehead atoms. The van der Waals surface area contributed by atoms with Gasteiger partial charge in [-0.2, -0.15) is 0 Å². The van der Waals surface area contributed by atoms with E-state index in [2.05, 4.69) is 53.0 Å². The van der Waals surface area contributed by atoms with Gasteiger partial charge >= 0.3 is 5.97 Å². The molecule has 2 unspecified atom stereocenters. The summed E-state index contributed by atoms with van der Waals surface area (Å²) in [6.45, 7) is 7.58. The number of nitrogens with zero attached hydrogens (tertiary/aromatic N) is 6. The standard InChI is InChI=1S/C52H62N10O13S.Al/c1-31-21-36-27-54-38-24-41(40(71-5)23-37(38)50(68)62(36)28-31)74-16-6-7-46(65)57-43-30-60(4)48(58-43)49(67)56-35-10-8-33(9-11-35)34-22-39(59(3)29-34)52(70)75-32(2)26-55-45(64)13-17-72-19-20-73-18-14-53-44(63)12-15-61-47(66)25-42(76)51(61)69;/h8-11,22-24,27,29-30,32,36,42,76H,1,6-7,12-21,25-26,28H2,2-5H3,(H,53,63)(H,55,64)(H,56,67)(H,57,65);/q;+1/p-1/t32?,36-,42?;/m0./s1. The quantitative estimate of drug-likeness (QED) is 0.0219. The molecule has 4 aromatic rings. The van der Waals surface area contributed by atoms with Gasteiger partial charge in [-0.15, -0.1) is 0 Å². The highest BCUT2D eigenvalue weighted by molar-refractivity contribution is 8.20. The number of hydrogen-bond acceptors (Lipinski definition) is 16. The number of anilines is 2. The second-order valence-electron chi connectivity index (χ2n) is 18.4. The van der Waals surface area contributed by atoms with Crippen molar-refractivity contribution in [2.24, 2.45) is 19.1 Å². The SMILES string of the molecule is C=C1C[C@H]2C=Nc3cc(OCCCC(=O)Nc4cn(C)c(C(=O)Nc5ccc(-c6cc(C(=O)OC(C)CNC(=O)CCOCCOCCNC(=O)CCN7C(=O)CC([S][Al])C7=O)n(C)c6)cc5)n4)c(OC)cc3C(=O)N2C1. The topological polar surface area (TPSA) is 272 Å². The molecule has 4 N–H and O–H groups in total. The van der Waals surface area contributed by atoms with Crippen LogP contribution >= 0.6 is 10.1 Å². The molecule has 3 aliphatic rings. The van der Waals surface area contributed by atoms with Crippen molar-refractivity contribution in [3.63, 3.8) is 0 Å². The summed E-state index contributed by atoms with van der Waals surface area (Å²) in [5, 5.41) is 10.6. The maximum atomic E-state index is 13.3.